The van der Waals surface area contributed by atoms with Crippen molar-refractivity contribution in [2.45, 2.75) is 0 Å². The van der Waals surface area contributed by atoms with Crippen LogP contribution < -0.4 is 17.1 Å². The van der Waals surface area contributed by atoms with E-state index >= 15 is 0 Å². The van der Waals surface area contributed by atoms with Crippen LogP contribution in [0, 0.1) is 0 Å². The first-order valence-electron chi connectivity index (χ1n) is 3.67. The maximum Gasteiger partial charge on any atom is 0.240 e. The molecule has 0 unspecified atom stereocenters. The fourth-order valence-electron chi connectivity index (χ4n) is 0.565. The lowest BCUT2D eigenvalue weighted by molar-refractivity contribution is 0.284. The van der Waals surface area contributed by atoms with Crippen LogP contribution in [-0.2, 0) is 0 Å². The monoisotopic (exact) mass is 194 g/mol. The normalized spacial score (nSPS) is 12.8. The average Bonchev–Trinajstić information content (AvgIpc) is 2.21. The van der Waals surface area contributed by atoms with E-state index in [0.29, 0.717) is 0 Å². The molecule has 1 aliphatic rings. The van der Waals surface area contributed by atoms with Gasteiger partial charge in [0.15, 0.2) is 0 Å². The fraction of sp³-hybridized carbons (Fsp3) is 0. The molecule has 0 radical (unpaired) electrons. The summed E-state index contributed by atoms with van der Waals surface area (Å²) in [6, 6.07) is 0. The first-order chi connectivity index (χ1) is 6.79. The van der Waals surface area contributed by atoms with Gasteiger partial charge in [-0.05, 0) is 6.08 Å². The standard InChI is InChI=1S/C3H4N4.C3H6N4/c4-3-5-1-2-6-7-3;4-7-3-1-2-5-6-7/h1-2H,(H2,4,5,7);1-3,6H,4H2. The second-order valence-electron chi connectivity index (χ2n) is 2.13. The lowest BCUT2D eigenvalue weighted by atomic mass is 10.6. The van der Waals surface area contributed by atoms with Gasteiger partial charge in [-0.25, -0.2) is 21.5 Å². The van der Waals surface area contributed by atoms with Crippen LogP contribution in [0.15, 0.2) is 29.8 Å². The minimum Gasteiger partial charge on any atom is -0.366 e. The highest BCUT2D eigenvalue weighted by Crippen LogP contribution is 1.77. The van der Waals surface area contributed by atoms with Crippen LogP contribution in [0.1, 0.15) is 0 Å². The molecule has 0 atom stereocenters. The molecule has 5 N–H and O–H groups in total. The Morgan fingerprint density at radius 3 is 2.50 bits per heavy atom. The minimum atomic E-state index is 0.211. The van der Waals surface area contributed by atoms with Crippen LogP contribution in [0.2, 0.25) is 0 Å². The third kappa shape index (κ3) is 3.97. The minimum absolute atomic E-state index is 0.211. The van der Waals surface area contributed by atoms with E-state index in [0.717, 1.165) is 0 Å². The van der Waals surface area contributed by atoms with E-state index in [2.05, 4.69) is 25.8 Å². The van der Waals surface area contributed by atoms with Gasteiger partial charge in [-0.3, -0.25) is 0 Å². The van der Waals surface area contributed by atoms with Crippen molar-refractivity contribution in [1.82, 2.24) is 25.8 Å². The van der Waals surface area contributed by atoms with Crippen molar-refractivity contribution in [2.75, 3.05) is 5.73 Å². The molecule has 0 fully saturated rings. The summed E-state index contributed by atoms with van der Waals surface area (Å²) in [6.07, 6.45) is 7.96. The van der Waals surface area contributed by atoms with Gasteiger partial charge in [-0.1, -0.05) is 0 Å². The molecule has 0 saturated carbocycles. The summed E-state index contributed by atoms with van der Waals surface area (Å²) in [6.45, 7) is 0. The lowest BCUT2D eigenvalue weighted by Crippen LogP contribution is -2.36. The molecule has 0 spiro atoms. The number of anilines is 1. The van der Waals surface area contributed by atoms with Gasteiger partial charge in [0, 0.05) is 6.20 Å². The highest BCUT2D eigenvalue weighted by molar-refractivity contribution is 5.70. The number of nitrogens with zero attached hydrogens (tertiary/aromatic N) is 5. The molecule has 8 nitrogen and oxygen atoms in total. The maximum atomic E-state index is 5.16. The van der Waals surface area contributed by atoms with E-state index in [4.69, 9.17) is 11.6 Å². The second-order valence-corrected chi connectivity index (χ2v) is 2.13. The Balaban J connectivity index is 0.000000140. The molecular weight excluding hydrogens is 184 g/mol. The number of allylic oxidation sites excluding steroid dienone is 1. The Labute approximate surface area is 80.3 Å². The van der Waals surface area contributed by atoms with Crippen LogP contribution in [0.4, 0.5) is 5.95 Å². The molecule has 0 aliphatic carbocycles. The van der Waals surface area contributed by atoms with Crippen molar-refractivity contribution in [3.63, 3.8) is 0 Å². The molecule has 0 aromatic carbocycles. The molecule has 74 valence electrons. The average molecular weight is 194 g/mol. The van der Waals surface area contributed by atoms with E-state index in [9.17, 15) is 0 Å². The maximum absolute atomic E-state index is 5.16. The largest absolute Gasteiger partial charge is 0.366 e. The van der Waals surface area contributed by atoms with Gasteiger partial charge in [0.05, 0.1) is 18.6 Å². The molecule has 8 heteroatoms. The zero-order chi connectivity index (χ0) is 10.2. The highest BCUT2D eigenvalue weighted by Gasteiger charge is 1.85. The third-order valence-corrected chi connectivity index (χ3v) is 1.08. The number of hydrogen-bond acceptors (Lipinski definition) is 8. The van der Waals surface area contributed by atoms with Crippen molar-refractivity contribution < 1.29 is 0 Å². The molecule has 0 bridgehead atoms. The van der Waals surface area contributed by atoms with E-state index in [1.165, 1.54) is 17.5 Å². The van der Waals surface area contributed by atoms with Crippen LogP contribution in [0.5, 0.6) is 0 Å². The van der Waals surface area contributed by atoms with Gasteiger partial charge in [-0.15, -0.1) is 5.10 Å². The predicted octanol–water partition coefficient (Wildman–Crippen LogP) is -1.37. The summed E-state index contributed by atoms with van der Waals surface area (Å²) < 4.78 is 0. The first-order valence-corrected chi connectivity index (χ1v) is 3.67. The quantitative estimate of drug-likeness (QED) is 0.436. The van der Waals surface area contributed by atoms with Crippen molar-refractivity contribution in [1.29, 1.82) is 0 Å². The third-order valence-electron chi connectivity index (χ3n) is 1.08. The second kappa shape index (κ2) is 5.43. The Bertz CT molecular complexity index is 307. The first kappa shape index (κ1) is 9.86. The molecule has 1 aromatic heterocycles. The van der Waals surface area contributed by atoms with Crippen molar-refractivity contribution in [2.24, 2.45) is 10.9 Å². The molecule has 1 aliphatic heterocycles. The molecule has 0 saturated heterocycles. The van der Waals surface area contributed by atoms with Crippen LogP contribution in [0.25, 0.3) is 0 Å². The summed E-state index contributed by atoms with van der Waals surface area (Å²) >= 11 is 0. The Kier molecular flexibility index (Phi) is 3.83. The molecular formula is C6H10N8. The summed E-state index contributed by atoms with van der Waals surface area (Å²) in [4.78, 5) is 3.58. The molecule has 0 amide bonds. The lowest BCUT2D eigenvalue weighted by Gasteiger charge is -2.12. The van der Waals surface area contributed by atoms with Gasteiger partial charge < -0.3 is 5.73 Å². The Hall–Kier alpha value is -2.22. The smallest absolute Gasteiger partial charge is 0.240 e. The molecule has 2 rings (SSSR count). The number of hydrogen-bond donors (Lipinski definition) is 3. The number of rotatable bonds is 0. The van der Waals surface area contributed by atoms with Crippen molar-refractivity contribution in [3.05, 3.63) is 24.7 Å². The van der Waals surface area contributed by atoms with Gasteiger partial charge >= 0.3 is 0 Å². The summed E-state index contributed by atoms with van der Waals surface area (Å²) in [5.74, 6) is 5.37. The number of nitrogens with one attached hydrogen (secondary N) is 1. The summed E-state index contributed by atoms with van der Waals surface area (Å²) in [7, 11) is 0. The Morgan fingerprint density at radius 1 is 1.36 bits per heavy atom. The van der Waals surface area contributed by atoms with Crippen molar-refractivity contribution >= 4 is 12.2 Å². The topological polar surface area (TPSA) is 118 Å². The van der Waals surface area contributed by atoms with E-state index in [1.54, 1.807) is 18.5 Å². The van der Waals surface area contributed by atoms with E-state index in [1.807, 2.05) is 0 Å². The van der Waals surface area contributed by atoms with Gasteiger partial charge in [0.1, 0.15) is 0 Å². The molecule has 1 aromatic rings. The van der Waals surface area contributed by atoms with Gasteiger partial charge in [-0.2, -0.15) is 10.2 Å². The van der Waals surface area contributed by atoms with Crippen LogP contribution in [0.3, 0.4) is 0 Å². The number of hydrazone groups is 1. The van der Waals surface area contributed by atoms with Crippen molar-refractivity contribution in [3.8, 4) is 0 Å². The SMILES string of the molecule is NN1C=CC=NN1.Nc1nccnn1. The fourth-order valence-corrected chi connectivity index (χ4v) is 0.565. The van der Waals surface area contributed by atoms with Crippen LogP contribution in [-0.4, -0.2) is 26.5 Å². The number of aromatic nitrogens is 3. The van der Waals surface area contributed by atoms with Gasteiger partial charge in [0.25, 0.3) is 0 Å². The number of nitrogen functional groups attached to an aromatic ring is 1. The predicted molar refractivity (Wildman–Crippen MR) is 51.0 cm³/mol. The van der Waals surface area contributed by atoms with E-state index < -0.39 is 0 Å². The highest BCUT2D eigenvalue weighted by atomic mass is 15.8. The zero-order valence-corrected chi connectivity index (χ0v) is 7.28. The van der Waals surface area contributed by atoms with Gasteiger partial charge in [0.2, 0.25) is 5.95 Å². The van der Waals surface area contributed by atoms with E-state index in [-0.39, 0.29) is 5.95 Å². The number of hydrazine groups is 2. The molecule has 2 heterocycles. The summed E-state index contributed by atoms with van der Waals surface area (Å²) in [5.41, 5.74) is 7.55. The zero-order valence-electron chi connectivity index (χ0n) is 7.28. The molecule has 14 heavy (non-hydrogen) atoms. The summed E-state index contributed by atoms with van der Waals surface area (Å²) in [5, 5.41) is 11.7. The Morgan fingerprint density at radius 2 is 2.21 bits per heavy atom. The number of nitrogens with two attached hydrogens (primary N) is 2. The van der Waals surface area contributed by atoms with Crippen LogP contribution >= 0.6 is 0 Å².